The maximum Gasteiger partial charge on any atom is 0.414 e. The van der Waals surface area contributed by atoms with Crippen molar-refractivity contribution in [2.24, 2.45) is 0 Å². The van der Waals surface area contributed by atoms with Crippen molar-refractivity contribution in [2.75, 3.05) is 0 Å². The zero-order valence-corrected chi connectivity index (χ0v) is 9.25. The number of hydrogen-bond donors (Lipinski definition) is 4. The molecular formula is C4H4CuO8Pt. The van der Waals surface area contributed by atoms with Gasteiger partial charge < -0.3 is 20.4 Å². The van der Waals surface area contributed by atoms with Crippen molar-refractivity contribution in [3.05, 3.63) is 0 Å². The normalized spacial score (nSPS) is 6.29. The minimum Gasteiger partial charge on any atom is -0.473 e. The van der Waals surface area contributed by atoms with Gasteiger partial charge in [-0.15, -0.1) is 0 Å². The van der Waals surface area contributed by atoms with Crippen molar-refractivity contribution in [3.8, 4) is 0 Å². The van der Waals surface area contributed by atoms with Gasteiger partial charge in [-0.05, 0) is 0 Å². The van der Waals surface area contributed by atoms with Crippen LogP contribution in [0.2, 0.25) is 0 Å². The maximum atomic E-state index is 9.10. The summed E-state index contributed by atoms with van der Waals surface area (Å²) in [6, 6.07) is 0. The molecule has 10 heteroatoms. The summed E-state index contributed by atoms with van der Waals surface area (Å²) in [6.07, 6.45) is 0. The summed E-state index contributed by atoms with van der Waals surface area (Å²) in [7, 11) is 0. The molecule has 0 rings (SSSR count). The molecule has 0 heterocycles. The van der Waals surface area contributed by atoms with Gasteiger partial charge in [0.15, 0.2) is 0 Å². The Morgan fingerprint density at radius 1 is 0.571 bits per heavy atom. The van der Waals surface area contributed by atoms with Gasteiger partial charge in [0.2, 0.25) is 0 Å². The van der Waals surface area contributed by atoms with Gasteiger partial charge in [-0.1, -0.05) is 0 Å². The first-order valence-corrected chi connectivity index (χ1v) is 2.21. The van der Waals surface area contributed by atoms with E-state index in [1.807, 2.05) is 0 Å². The Morgan fingerprint density at radius 3 is 0.643 bits per heavy atom. The van der Waals surface area contributed by atoms with Crippen LogP contribution in [-0.4, -0.2) is 44.3 Å². The topological polar surface area (TPSA) is 149 Å². The van der Waals surface area contributed by atoms with E-state index in [0.29, 0.717) is 0 Å². The molecule has 0 bridgehead atoms. The molecule has 0 atom stereocenters. The van der Waals surface area contributed by atoms with Gasteiger partial charge in [-0.25, -0.2) is 19.2 Å². The molecule has 0 unspecified atom stereocenters. The van der Waals surface area contributed by atoms with Gasteiger partial charge >= 0.3 is 23.9 Å². The average Bonchev–Trinajstić information content (AvgIpc) is 1.88. The molecule has 14 heavy (non-hydrogen) atoms. The summed E-state index contributed by atoms with van der Waals surface area (Å²) in [5.41, 5.74) is 0. The van der Waals surface area contributed by atoms with E-state index in [1.54, 1.807) is 0 Å². The van der Waals surface area contributed by atoms with Crippen LogP contribution in [0.1, 0.15) is 0 Å². The van der Waals surface area contributed by atoms with Crippen LogP contribution in [0.4, 0.5) is 0 Å². The van der Waals surface area contributed by atoms with Gasteiger partial charge in [-0.2, -0.15) is 0 Å². The van der Waals surface area contributed by atoms with Crippen LogP contribution in [0.5, 0.6) is 0 Å². The third-order valence-electron chi connectivity index (χ3n) is 0.366. The zero-order valence-electron chi connectivity index (χ0n) is 6.04. The predicted molar refractivity (Wildman–Crippen MR) is 30.5 cm³/mol. The summed E-state index contributed by atoms with van der Waals surface area (Å²) in [6.45, 7) is 0. The Kier molecular flexibility index (Phi) is 20.0. The van der Waals surface area contributed by atoms with Crippen molar-refractivity contribution in [1.29, 1.82) is 0 Å². The molecule has 8 nitrogen and oxygen atoms in total. The van der Waals surface area contributed by atoms with E-state index in [0.717, 1.165) is 0 Å². The van der Waals surface area contributed by atoms with Crippen molar-refractivity contribution >= 4 is 23.9 Å². The second-order valence-corrected chi connectivity index (χ2v) is 1.22. The summed E-state index contributed by atoms with van der Waals surface area (Å²) < 4.78 is 0. The molecule has 1 radical (unpaired) electrons. The van der Waals surface area contributed by atoms with Crippen molar-refractivity contribution < 1.29 is 77.7 Å². The molecule has 0 saturated carbocycles. The summed E-state index contributed by atoms with van der Waals surface area (Å²) in [4.78, 5) is 36.4. The fourth-order valence-corrected chi connectivity index (χ4v) is 0. The smallest absolute Gasteiger partial charge is 0.414 e. The summed E-state index contributed by atoms with van der Waals surface area (Å²) in [5.74, 6) is -7.30. The zero-order chi connectivity index (χ0) is 10.3. The van der Waals surface area contributed by atoms with E-state index >= 15 is 0 Å². The van der Waals surface area contributed by atoms with E-state index in [9.17, 15) is 0 Å². The van der Waals surface area contributed by atoms with Crippen LogP contribution in [0.15, 0.2) is 0 Å². The minimum atomic E-state index is -1.82. The van der Waals surface area contributed by atoms with Gasteiger partial charge in [0.25, 0.3) is 0 Å². The Hall–Kier alpha value is -0.912. The van der Waals surface area contributed by atoms with Gasteiger partial charge in [0.1, 0.15) is 0 Å². The molecule has 0 saturated heterocycles. The molecule has 0 aromatic rings. The van der Waals surface area contributed by atoms with Gasteiger partial charge in [-0.3, -0.25) is 0 Å². The quantitative estimate of drug-likeness (QED) is 0.258. The first kappa shape index (κ1) is 23.2. The molecule has 0 fully saturated rings. The van der Waals surface area contributed by atoms with Crippen molar-refractivity contribution in [2.45, 2.75) is 0 Å². The van der Waals surface area contributed by atoms with E-state index in [2.05, 4.69) is 0 Å². The molecule has 0 aliphatic rings. The molecule has 0 aromatic heterocycles. The molecule has 4 N–H and O–H groups in total. The molecule has 0 spiro atoms. The number of rotatable bonds is 0. The van der Waals surface area contributed by atoms with Crippen LogP contribution < -0.4 is 0 Å². The van der Waals surface area contributed by atoms with Crippen molar-refractivity contribution in [1.82, 2.24) is 0 Å². The predicted octanol–water partition coefficient (Wildman–Crippen LogP) is -1.69. The van der Waals surface area contributed by atoms with Crippen LogP contribution >= 0.6 is 0 Å². The number of hydrogen-bond acceptors (Lipinski definition) is 4. The molecule has 0 aliphatic carbocycles. The first-order valence-electron chi connectivity index (χ1n) is 2.21. The minimum absolute atomic E-state index is 0. The molecule has 0 aromatic carbocycles. The van der Waals surface area contributed by atoms with Gasteiger partial charge in [0, 0.05) is 38.1 Å². The third kappa shape index (κ3) is 22.5. The summed E-state index contributed by atoms with van der Waals surface area (Å²) in [5, 5.41) is 29.6. The summed E-state index contributed by atoms with van der Waals surface area (Å²) >= 11 is 0. The van der Waals surface area contributed by atoms with Crippen LogP contribution in [0, 0.1) is 0 Å². The Balaban J connectivity index is -0.0000000625. The van der Waals surface area contributed by atoms with Crippen LogP contribution in [0.25, 0.3) is 0 Å². The molecule has 89 valence electrons. The monoisotopic (exact) mass is 438 g/mol. The van der Waals surface area contributed by atoms with Gasteiger partial charge in [0.05, 0.1) is 0 Å². The standard InChI is InChI=1S/2C2H2O4.Cu.Pt/c2*3-1(4)2(5)6;;/h2*(H,3,4)(H,5,6);;. The Bertz CT molecular complexity index is 177. The number of carboxylic acid groups (broad SMARTS) is 4. The van der Waals surface area contributed by atoms with E-state index in [4.69, 9.17) is 39.6 Å². The fourth-order valence-electron chi connectivity index (χ4n) is 0. The largest absolute Gasteiger partial charge is 0.473 e. The molecule has 0 amide bonds. The molecule has 0 aliphatic heterocycles. The van der Waals surface area contributed by atoms with E-state index < -0.39 is 23.9 Å². The van der Waals surface area contributed by atoms with Crippen LogP contribution in [0.3, 0.4) is 0 Å². The SMILES string of the molecule is O=C(O)C(=O)O.O=C(O)C(=O)O.[Cu].[Pt]. The fraction of sp³-hybridized carbons (Fsp3) is 0. The second-order valence-electron chi connectivity index (χ2n) is 1.22. The van der Waals surface area contributed by atoms with Crippen molar-refractivity contribution in [3.63, 3.8) is 0 Å². The third-order valence-corrected chi connectivity index (χ3v) is 0.366. The Labute approximate surface area is 102 Å². The van der Waals surface area contributed by atoms with Crippen LogP contribution in [-0.2, 0) is 57.3 Å². The number of carbonyl (C=O) groups is 4. The average molecular weight is 439 g/mol. The second kappa shape index (κ2) is 12.1. The number of carboxylic acids is 4. The van der Waals surface area contributed by atoms with E-state index in [1.165, 1.54) is 0 Å². The molecular weight excluding hydrogens is 435 g/mol. The number of aliphatic carboxylic acids is 4. The first-order chi connectivity index (χ1) is 5.29. The maximum absolute atomic E-state index is 9.10. The van der Waals surface area contributed by atoms with E-state index in [-0.39, 0.29) is 38.1 Å². The Morgan fingerprint density at radius 2 is 0.643 bits per heavy atom.